The lowest BCUT2D eigenvalue weighted by molar-refractivity contribution is -0.114. The molecule has 5 nitrogen and oxygen atoms in total. The number of benzene rings is 3. The molecule has 0 saturated heterocycles. The smallest absolute Gasteiger partial charge is 0.255 e. The molecule has 148 valence electrons. The van der Waals surface area contributed by atoms with Crippen LogP contribution in [0.3, 0.4) is 0 Å². The summed E-state index contributed by atoms with van der Waals surface area (Å²) in [7, 11) is 0. The third-order valence-electron chi connectivity index (χ3n) is 4.08. The fourth-order valence-corrected chi connectivity index (χ4v) is 2.92. The number of anilines is 3. The van der Waals surface area contributed by atoms with E-state index in [1.807, 2.05) is 25.1 Å². The van der Waals surface area contributed by atoms with E-state index in [9.17, 15) is 9.59 Å². The zero-order valence-electron chi connectivity index (χ0n) is 15.6. The van der Waals surface area contributed by atoms with Crippen molar-refractivity contribution in [3.8, 4) is 0 Å². The van der Waals surface area contributed by atoms with Gasteiger partial charge in [-0.2, -0.15) is 0 Å². The first-order valence-corrected chi connectivity index (χ1v) is 9.63. The number of carbonyl (C=O) groups is 2. The minimum atomic E-state index is -0.222. The molecule has 3 aromatic carbocycles. The Kier molecular flexibility index (Phi) is 6.75. The lowest BCUT2D eigenvalue weighted by atomic mass is 10.1. The molecule has 0 aromatic heterocycles. The summed E-state index contributed by atoms with van der Waals surface area (Å²) < 4.78 is 0. The Morgan fingerprint density at radius 2 is 1.48 bits per heavy atom. The van der Waals surface area contributed by atoms with Crippen molar-refractivity contribution in [2.75, 3.05) is 22.5 Å². The van der Waals surface area contributed by atoms with Crippen LogP contribution >= 0.6 is 23.2 Å². The zero-order valence-corrected chi connectivity index (χ0v) is 17.1. The van der Waals surface area contributed by atoms with Crippen molar-refractivity contribution < 1.29 is 9.59 Å². The molecule has 0 aliphatic rings. The zero-order chi connectivity index (χ0) is 20.8. The van der Waals surface area contributed by atoms with E-state index in [1.165, 1.54) is 0 Å². The maximum absolute atomic E-state index is 12.3. The molecule has 3 N–H and O–H groups in total. The van der Waals surface area contributed by atoms with Crippen LogP contribution in [-0.4, -0.2) is 18.4 Å². The molecular formula is C22H19Cl2N3O2. The minimum Gasteiger partial charge on any atom is -0.376 e. The third kappa shape index (κ3) is 5.98. The molecule has 2 amide bonds. The van der Waals surface area contributed by atoms with Gasteiger partial charge in [-0.05, 0) is 61.5 Å². The molecule has 3 rings (SSSR count). The molecular weight excluding hydrogens is 409 g/mol. The van der Waals surface area contributed by atoms with Crippen LogP contribution in [-0.2, 0) is 4.79 Å². The van der Waals surface area contributed by atoms with Gasteiger partial charge in [0, 0.05) is 22.6 Å². The number of hydrogen-bond acceptors (Lipinski definition) is 3. The van der Waals surface area contributed by atoms with Gasteiger partial charge in [-0.3, -0.25) is 9.59 Å². The van der Waals surface area contributed by atoms with Crippen LogP contribution in [0.4, 0.5) is 17.1 Å². The van der Waals surface area contributed by atoms with Crippen LogP contribution in [0.15, 0.2) is 66.7 Å². The Morgan fingerprint density at radius 3 is 2.17 bits per heavy atom. The number of carbonyl (C=O) groups excluding carboxylic acids is 2. The lowest BCUT2D eigenvalue weighted by Gasteiger charge is -2.10. The van der Waals surface area contributed by atoms with Gasteiger partial charge >= 0.3 is 0 Å². The summed E-state index contributed by atoms with van der Waals surface area (Å²) in [5.41, 5.74) is 3.62. The van der Waals surface area contributed by atoms with Crippen molar-refractivity contribution in [3.05, 3.63) is 87.9 Å². The van der Waals surface area contributed by atoms with E-state index in [0.717, 1.165) is 11.3 Å². The first kappa shape index (κ1) is 20.7. The highest BCUT2D eigenvalue weighted by atomic mass is 35.5. The summed E-state index contributed by atoms with van der Waals surface area (Å²) in [5.74, 6) is -0.393. The first-order chi connectivity index (χ1) is 13.9. The maximum Gasteiger partial charge on any atom is 0.255 e. The Bertz CT molecular complexity index is 1040. The molecule has 0 aliphatic carbocycles. The van der Waals surface area contributed by atoms with E-state index < -0.39 is 0 Å². The van der Waals surface area contributed by atoms with E-state index in [2.05, 4.69) is 16.0 Å². The van der Waals surface area contributed by atoms with E-state index >= 15 is 0 Å². The molecule has 0 heterocycles. The highest BCUT2D eigenvalue weighted by Crippen LogP contribution is 2.25. The molecule has 0 bridgehead atoms. The van der Waals surface area contributed by atoms with Crippen molar-refractivity contribution in [2.45, 2.75) is 6.92 Å². The predicted octanol–water partition coefficient (Wildman–Crippen LogP) is 5.60. The SMILES string of the molecule is Cc1cccc(C(=O)Nc2ccc(NCC(=O)Nc3ccc(Cl)c(Cl)c3)cc2)c1. The van der Waals surface area contributed by atoms with Gasteiger partial charge in [-0.25, -0.2) is 0 Å². The van der Waals surface area contributed by atoms with Gasteiger partial charge in [-0.15, -0.1) is 0 Å². The molecule has 0 radical (unpaired) electrons. The van der Waals surface area contributed by atoms with Crippen LogP contribution in [0.1, 0.15) is 15.9 Å². The summed E-state index contributed by atoms with van der Waals surface area (Å²) in [6.07, 6.45) is 0. The number of halogens is 2. The first-order valence-electron chi connectivity index (χ1n) is 8.87. The number of hydrogen-bond donors (Lipinski definition) is 3. The van der Waals surface area contributed by atoms with Crippen LogP contribution in [0.5, 0.6) is 0 Å². The van der Waals surface area contributed by atoms with Gasteiger partial charge in [0.15, 0.2) is 0 Å². The quantitative estimate of drug-likeness (QED) is 0.478. The fraction of sp³-hybridized carbons (Fsp3) is 0.0909. The van der Waals surface area contributed by atoms with E-state index in [4.69, 9.17) is 23.2 Å². The molecule has 7 heteroatoms. The Labute approximate surface area is 179 Å². The highest BCUT2D eigenvalue weighted by Gasteiger charge is 2.07. The summed E-state index contributed by atoms with van der Waals surface area (Å²) >= 11 is 11.8. The number of aryl methyl sites for hydroxylation is 1. The van der Waals surface area contributed by atoms with Gasteiger partial charge < -0.3 is 16.0 Å². The van der Waals surface area contributed by atoms with E-state index in [-0.39, 0.29) is 18.4 Å². The fourth-order valence-electron chi connectivity index (χ4n) is 2.62. The summed E-state index contributed by atoms with van der Waals surface area (Å²) in [6, 6.07) is 19.4. The van der Waals surface area contributed by atoms with Crippen molar-refractivity contribution in [3.63, 3.8) is 0 Å². The second-order valence-electron chi connectivity index (χ2n) is 6.43. The molecule has 0 fully saturated rings. The van der Waals surface area contributed by atoms with Crippen molar-refractivity contribution in [1.82, 2.24) is 0 Å². The number of amides is 2. The molecule has 0 aliphatic heterocycles. The molecule has 0 atom stereocenters. The van der Waals surface area contributed by atoms with Crippen molar-refractivity contribution >= 4 is 52.1 Å². The second-order valence-corrected chi connectivity index (χ2v) is 7.25. The molecule has 29 heavy (non-hydrogen) atoms. The number of rotatable bonds is 6. The van der Waals surface area contributed by atoms with Crippen LogP contribution in [0.25, 0.3) is 0 Å². The predicted molar refractivity (Wildman–Crippen MR) is 119 cm³/mol. The normalized spacial score (nSPS) is 10.3. The average Bonchev–Trinajstić information content (AvgIpc) is 2.70. The second kappa shape index (κ2) is 9.45. The van der Waals surface area contributed by atoms with Crippen molar-refractivity contribution in [1.29, 1.82) is 0 Å². The van der Waals surface area contributed by atoms with Crippen LogP contribution in [0, 0.1) is 6.92 Å². The van der Waals surface area contributed by atoms with E-state index in [0.29, 0.717) is 27.0 Å². The maximum atomic E-state index is 12.3. The Balaban J connectivity index is 1.51. The third-order valence-corrected chi connectivity index (χ3v) is 4.82. The summed E-state index contributed by atoms with van der Waals surface area (Å²) in [6.45, 7) is 2.02. The minimum absolute atomic E-state index is 0.0786. The van der Waals surface area contributed by atoms with Crippen molar-refractivity contribution in [2.24, 2.45) is 0 Å². The van der Waals surface area contributed by atoms with Gasteiger partial charge in [0.05, 0.1) is 16.6 Å². The van der Waals surface area contributed by atoms with Crippen LogP contribution < -0.4 is 16.0 Å². The average molecular weight is 428 g/mol. The van der Waals surface area contributed by atoms with Gasteiger partial charge in [0.25, 0.3) is 5.91 Å². The monoisotopic (exact) mass is 427 g/mol. The summed E-state index contributed by atoms with van der Waals surface area (Å²) in [5, 5.41) is 9.42. The standard InChI is InChI=1S/C22H19Cl2N3O2/c1-14-3-2-4-15(11-14)22(29)27-17-7-5-16(6-8-17)25-13-21(28)26-18-9-10-19(23)20(24)12-18/h2-12,25H,13H2,1H3,(H,26,28)(H,27,29). The largest absolute Gasteiger partial charge is 0.376 e. The highest BCUT2D eigenvalue weighted by molar-refractivity contribution is 6.42. The molecule has 0 spiro atoms. The van der Waals surface area contributed by atoms with E-state index in [1.54, 1.807) is 48.5 Å². The van der Waals surface area contributed by atoms with Gasteiger partial charge in [-0.1, -0.05) is 40.9 Å². The van der Waals surface area contributed by atoms with Gasteiger partial charge in [0.2, 0.25) is 5.91 Å². The summed E-state index contributed by atoms with van der Waals surface area (Å²) in [4.78, 5) is 24.4. The number of nitrogens with one attached hydrogen (secondary N) is 3. The lowest BCUT2D eigenvalue weighted by Crippen LogP contribution is -2.21. The Hall–Kier alpha value is -3.02. The van der Waals surface area contributed by atoms with Gasteiger partial charge in [0.1, 0.15) is 0 Å². The molecule has 3 aromatic rings. The molecule has 0 unspecified atom stereocenters. The topological polar surface area (TPSA) is 70.2 Å². The molecule has 0 saturated carbocycles. The van der Waals surface area contributed by atoms with Crippen LogP contribution in [0.2, 0.25) is 10.0 Å². The Morgan fingerprint density at radius 1 is 0.793 bits per heavy atom.